The van der Waals surface area contributed by atoms with Crippen LogP contribution in [0.4, 0.5) is 4.39 Å². The van der Waals surface area contributed by atoms with Gasteiger partial charge in [0.15, 0.2) is 0 Å². The van der Waals surface area contributed by atoms with Gasteiger partial charge in [-0.05, 0) is 18.4 Å². The van der Waals surface area contributed by atoms with Crippen molar-refractivity contribution in [3.05, 3.63) is 35.1 Å². The van der Waals surface area contributed by atoms with Crippen molar-refractivity contribution in [1.29, 1.82) is 0 Å². The molecule has 16 heavy (non-hydrogen) atoms. The molecule has 1 aromatic heterocycles. The molecule has 1 aromatic carbocycles. The van der Waals surface area contributed by atoms with Gasteiger partial charge in [-0.1, -0.05) is 6.07 Å². The normalized spacial score (nSPS) is 10.7. The first-order chi connectivity index (χ1) is 7.76. The number of aromatic nitrogens is 1. The number of rotatable bonds is 3. The van der Waals surface area contributed by atoms with Crippen LogP contribution in [-0.2, 0) is 5.88 Å². The third kappa shape index (κ3) is 2.24. The molecule has 1 nitrogen and oxygen atoms in total. The Labute approximate surface area is 107 Å². The monoisotopic (exact) mass is 273 g/mol. The van der Waals surface area contributed by atoms with Gasteiger partial charge in [0, 0.05) is 16.0 Å². The smallest absolute Gasteiger partial charge is 0.134 e. The lowest BCUT2D eigenvalue weighted by Gasteiger charge is -2.04. The fraction of sp³-hybridized carbons (Fsp3) is 0.182. The zero-order valence-corrected chi connectivity index (χ0v) is 10.9. The van der Waals surface area contributed by atoms with Gasteiger partial charge in [-0.15, -0.1) is 34.7 Å². The highest BCUT2D eigenvalue weighted by atomic mass is 35.5. The predicted molar refractivity (Wildman–Crippen MR) is 68.8 cm³/mol. The minimum Gasteiger partial charge on any atom is -0.244 e. The number of alkyl halides is 1. The van der Waals surface area contributed by atoms with Gasteiger partial charge in [0.05, 0.1) is 11.4 Å². The molecule has 2 aromatic rings. The summed E-state index contributed by atoms with van der Waals surface area (Å²) in [7, 11) is 0. The van der Waals surface area contributed by atoms with Crippen molar-refractivity contribution in [2.24, 2.45) is 0 Å². The van der Waals surface area contributed by atoms with E-state index in [0.29, 0.717) is 16.5 Å². The van der Waals surface area contributed by atoms with Crippen LogP contribution in [0.15, 0.2) is 29.3 Å². The summed E-state index contributed by atoms with van der Waals surface area (Å²) in [6.45, 7) is 0. The maximum absolute atomic E-state index is 13.8. The highest BCUT2D eigenvalue weighted by molar-refractivity contribution is 7.98. The molecule has 0 atom stereocenters. The molecule has 0 radical (unpaired) electrons. The van der Waals surface area contributed by atoms with Crippen LogP contribution in [0.3, 0.4) is 0 Å². The second-order valence-electron chi connectivity index (χ2n) is 3.08. The maximum atomic E-state index is 13.8. The first-order valence-electron chi connectivity index (χ1n) is 4.59. The van der Waals surface area contributed by atoms with Crippen LogP contribution in [-0.4, -0.2) is 11.2 Å². The summed E-state index contributed by atoms with van der Waals surface area (Å²) in [5, 5.41) is 0.693. The van der Waals surface area contributed by atoms with Crippen molar-refractivity contribution in [3.63, 3.8) is 0 Å². The number of hydrogen-bond acceptors (Lipinski definition) is 3. The Morgan fingerprint density at radius 2 is 2.31 bits per heavy atom. The minimum atomic E-state index is -0.234. The van der Waals surface area contributed by atoms with Crippen LogP contribution in [0.2, 0.25) is 0 Å². The molecule has 5 heteroatoms. The second-order valence-corrected chi connectivity index (χ2v) is 5.31. The third-order valence-electron chi connectivity index (χ3n) is 2.09. The molecule has 0 spiro atoms. The predicted octanol–water partition coefficient (Wildman–Crippen LogP) is 4.41. The van der Waals surface area contributed by atoms with Crippen molar-refractivity contribution >= 4 is 34.7 Å². The second kappa shape index (κ2) is 5.17. The Bertz CT molecular complexity index is 498. The van der Waals surface area contributed by atoms with Gasteiger partial charge >= 0.3 is 0 Å². The Morgan fingerprint density at radius 1 is 1.50 bits per heavy atom. The molecule has 0 aliphatic rings. The largest absolute Gasteiger partial charge is 0.244 e. The molecule has 0 amide bonds. The van der Waals surface area contributed by atoms with Crippen LogP contribution in [0.25, 0.3) is 10.6 Å². The molecule has 0 fully saturated rings. The quantitative estimate of drug-likeness (QED) is 0.607. The van der Waals surface area contributed by atoms with E-state index < -0.39 is 0 Å². The van der Waals surface area contributed by atoms with Gasteiger partial charge in [0.1, 0.15) is 10.8 Å². The number of halogens is 2. The Balaban J connectivity index is 2.53. The van der Waals surface area contributed by atoms with E-state index in [1.54, 1.807) is 12.3 Å². The van der Waals surface area contributed by atoms with Crippen molar-refractivity contribution in [2.75, 3.05) is 6.26 Å². The first-order valence-corrected chi connectivity index (χ1v) is 7.17. The molecule has 0 saturated heterocycles. The summed E-state index contributed by atoms with van der Waals surface area (Å²) >= 11 is 8.66. The van der Waals surface area contributed by atoms with Crippen LogP contribution in [0.1, 0.15) is 4.88 Å². The average molecular weight is 274 g/mol. The molecule has 0 N–H and O–H groups in total. The summed E-state index contributed by atoms with van der Waals surface area (Å²) in [6.07, 6.45) is 3.62. The van der Waals surface area contributed by atoms with Gasteiger partial charge in [0.25, 0.3) is 0 Å². The lowest BCUT2D eigenvalue weighted by molar-refractivity contribution is 0.628. The van der Waals surface area contributed by atoms with Crippen LogP contribution in [0.5, 0.6) is 0 Å². The van der Waals surface area contributed by atoms with Crippen molar-refractivity contribution in [1.82, 2.24) is 4.98 Å². The summed E-state index contributed by atoms with van der Waals surface area (Å²) in [5.41, 5.74) is 0.580. The lowest BCUT2D eigenvalue weighted by Crippen LogP contribution is -1.86. The molecular formula is C11H9ClFNS2. The van der Waals surface area contributed by atoms with Crippen LogP contribution in [0, 0.1) is 5.82 Å². The molecule has 0 saturated carbocycles. The topological polar surface area (TPSA) is 12.9 Å². The lowest BCUT2D eigenvalue weighted by atomic mass is 10.2. The molecule has 0 unspecified atom stereocenters. The highest BCUT2D eigenvalue weighted by Gasteiger charge is 2.13. The summed E-state index contributed by atoms with van der Waals surface area (Å²) < 4.78 is 13.8. The third-order valence-corrected chi connectivity index (χ3v) is 4.34. The van der Waals surface area contributed by atoms with E-state index in [1.165, 1.54) is 29.2 Å². The summed E-state index contributed by atoms with van der Waals surface area (Å²) in [5.74, 6) is 0.183. The zero-order chi connectivity index (χ0) is 11.5. The Hall–Kier alpha value is -0.580. The van der Waals surface area contributed by atoms with Crippen molar-refractivity contribution in [3.8, 4) is 10.6 Å². The first kappa shape index (κ1) is 11.9. The zero-order valence-electron chi connectivity index (χ0n) is 8.54. The van der Waals surface area contributed by atoms with E-state index in [-0.39, 0.29) is 5.82 Å². The molecule has 84 valence electrons. The molecule has 2 rings (SSSR count). The SMILES string of the molecule is CSc1cccc(F)c1-c1ncc(CCl)s1. The molecular weight excluding hydrogens is 265 g/mol. The highest BCUT2D eigenvalue weighted by Crippen LogP contribution is 2.35. The Morgan fingerprint density at radius 3 is 2.94 bits per heavy atom. The van der Waals surface area contributed by atoms with Gasteiger partial charge in [0.2, 0.25) is 0 Å². The van der Waals surface area contributed by atoms with E-state index in [1.807, 2.05) is 12.3 Å². The number of benzene rings is 1. The van der Waals surface area contributed by atoms with Crippen LogP contribution >= 0.6 is 34.7 Å². The molecule has 1 heterocycles. The number of nitrogens with zero attached hydrogens (tertiary/aromatic N) is 1. The minimum absolute atomic E-state index is 0.234. The van der Waals surface area contributed by atoms with Gasteiger partial charge in [-0.2, -0.15) is 0 Å². The number of thiazole rings is 1. The maximum Gasteiger partial charge on any atom is 0.134 e. The van der Waals surface area contributed by atoms with E-state index in [4.69, 9.17) is 11.6 Å². The Kier molecular flexibility index (Phi) is 3.84. The van der Waals surface area contributed by atoms with Gasteiger partial charge in [-0.3, -0.25) is 0 Å². The van der Waals surface area contributed by atoms with Gasteiger partial charge < -0.3 is 0 Å². The van der Waals surface area contributed by atoms with Crippen LogP contribution < -0.4 is 0 Å². The fourth-order valence-corrected chi connectivity index (χ4v) is 3.10. The summed E-state index contributed by atoms with van der Waals surface area (Å²) in [6, 6.07) is 5.06. The van der Waals surface area contributed by atoms with Crippen molar-refractivity contribution in [2.45, 2.75) is 10.8 Å². The molecule has 0 aliphatic carbocycles. The number of thioether (sulfide) groups is 1. The van der Waals surface area contributed by atoms with E-state index in [0.717, 1.165) is 9.77 Å². The number of hydrogen-bond donors (Lipinski definition) is 0. The standard InChI is InChI=1S/C11H9ClFNS2/c1-15-9-4-2-3-8(13)10(9)11-14-6-7(5-12)16-11/h2-4,6H,5H2,1H3. The van der Waals surface area contributed by atoms with Crippen molar-refractivity contribution < 1.29 is 4.39 Å². The molecule has 0 aliphatic heterocycles. The molecule has 0 bridgehead atoms. The van der Waals surface area contributed by atoms with E-state index >= 15 is 0 Å². The summed E-state index contributed by atoms with van der Waals surface area (Å²) in [4.78, 5) is 6.06. The average Bonchev–Trinajstić information content (AvgIpc) is 2.76. The van der Waals surface area contributed by atoms with E-state index in [9.17, 15) is 4.39 Å². The fourth-order valence-electron chi connectivity index (χ4n) is 1.37. The van der Waals surface area contributed by atoms with Gasteiger partial charge in [-0.25, -0.2) is 9.37 Å². The van der Waals surface area contributed by atoms with E-state index in [2.05, 4.69) is 4.98 Å².